The summed E-state index contributed by atoms with van der Waals surface area (Å²) < 4.78 is 79.4. The molecule has 0 aromatic carbocycles. The molecule has 1 aromatic heterocycles. The summed E-state index contributed by atoms with van der Waals surface area (Å²) in [5.41, 5.74) is -0.408. The first-order chi connectivity index (χ1) is 11.8. The van der Waals surface area contributed by atoms with E-state index in [0.29, 0.717) is 4.90 Å². The molecule has 1 aliphatic heterocycles. The smallest absolute Gasteiger partial charge is 0.413 e. The third-order valence-electron chi connectivity index (χ3n) is 4.00. The van der Waals surface area contributed by atoms with Crippen molar-refractivity contribution in [3.63, 3.8) is 0 Å². The third-order valence-corrected chi connectivity index (χ3v) is 4.00. The molecule has 1 unspecified atom stereocenters. The van der Waals surface area contributed by atoms with E-state index in [1.54, 1.807) is 5.32 Å². The number of nitrogens with zero attached hydrogens (tertiary/aromatic N) is 3. The largest absolute Gasteiger partial charge is 0.481 e. The van der Waals surface area contributed by atoms with Crippen molar-refractivity contribution in [1.29, 1.82) is 0 Å². The van der Waals surface area contributed by atoms with Gasteiger partial charge >= 0.3 is 24.4 Å². The zero-order chi connectivity index (χ0) is 19.9. The van der Waals surface area contributed by atoms with Gasteiger partial charge in [0.2, 0.25) is 0 Å². The summed E-state index contributed by atoms with van der Waals surface area (Å²) in [4.78, 5) is 23.5. The van der Waals surface area contributed by atoms with Crippen LogP contribution in [0.5, 0.6) is 0 Å². The number of nitrogens with one attached hydrogen (secondary N) is 1. The topological polar surface area (TPSA) is 87.5 Å². The van der Waals surface area contributed by atoms with Crippen molar-refractivity contribution in [2.24, 2.45) is 18.9 Å². The van der Waals surface area contributed by atoms with Crippen LogP contribution < -0.4 is 5.32 Å². The van der Waals surface area contributed by atoms with Gasteiger partial charge in [0.25, 0.3) is 0 Å². The van der Waals surface area contributed by atoms with Crippen LogP contribution in [0, 0.1) is 11.8 Å². The van der Waals surface area contributed by atoms with Crippen LogP contribution in [0.3, 0.4) is 0 Å². The van der Waals surface area contributed by atoms with Crippen molar-refractivity contribution in [1.82, 2.24) is 20.0 Å². The summed E-state index contributed by atoms with van der Waals surface area (Å²) in [7, 11) is 1.35. The average molecular weight is 388 g/mol. The van der Waals surface area contributed by atoms with E-state index in [2.05, 4.69) is 5.10 Å². The molecule has 26 heavy (non-hydrogen) atoms. The number of urea groups is 1. The lowest BCUT2D eigenvalue weighted by Crippen LogP contribution is -2.45. The highest BCUT2D eigenvalue weighted by atomic mass is 19.4. The number of hydrogen-bond donors (Lipinski definition) is 2. The van der Waals surface area contributed by atoms with Gasteiger partial charge in [-0.1, -0.05) is 0 Å². The van der Waals surface area contributed by atoms with Gasteiger partial charge in [0.05, 0.1) is 18.0 Å². The number of halogens is 6. The molecule has 1 saturated heterocycles. The number of aromatic nitrogens is 2. The number of carboxylic acids is 1. The number of aliphatic carboxylic acids is 1. The maximum Gasteiger partial charge on any atom is 0.413 e. The Kier molecular flexibility index (Phi) is 5.10. The van der Waals surface area contributed by atoms with Crippen LogP contribution in [-0.4, -0.2) is 57.2 Å². The molecule has 3 atom stereocenters. The molecule has 0 aliphatic carbocycles. The van der Waals surface area contributed by atoms with Crippen molar-refractivity contribution in [2.45, 2.75) is 18.4 Å². The van der Waals surface area contributed by atoms with Gasteiger partial charge in [-0.25, -0.2) is 4.79 Å². The molecule has 2 heterocycles. The maximum atomic E-state index is 13.2. The molecule has 0 spiro atoms. The molecule has 0 radical (unpaired) electrons. The first-order valence-corrected chi connectivity index (χ1v) is 7.21. The minimum Gasteiger partial charge on any atom is -0.481 e. The van der Waals surface area contributed by atoms with Gasteiger partial charge in [-0.05, 0) is 0 Å². The van der Waals surface area contributed by atoms with Gasteiger partial charge in [-0.15, -0.1) is 0 Å². The van der Waals surface area contributed by atoms with Crippen LogP contribution in [0.15, 0.2) is 12.4 Å². The normalized spacial score (nSPS) is 22.3. The Morgan fingerprint density at radius 2 is 1.88 bits per heavy atom. The first-order valence-electron chi connectivity index (χ1n) is 7.21. The van der Waals surface area contributed by atoms with Gasteiger partial charge < -0.3 is 15.3 Å². The van der Waals surface area contributed by atoms with Crippen LogP contribution in [0.25, 0.3) is 0 Å². The minimum absolute atomic E-state index is 0.408. The Morgan fingerprint density at radius 1 is 1.27 bits per heavy atom. The SMILES string of the molecule is Cn1cc(C(NC(=O)N2C[C@@H](C(F)(F)F)[C@H](C(=O)O)C2)C(F)(F)F)cn1. The van der Waals surface area contributed by atoms with Crippen molar-refractivity contribution < 1.29 is 41.0 Å². The molecule has 2 amide bonds. The van der Waals surface area contributed by atoms with Crippen LogP contribution in [-0.2, 0) is 11.8 Å². The Hall–Kier alpha value is -2.47. The summed E-state index contributed by atoms with van der Waals surface area (Å²) >= 11 is 0. The highest BCUT2D eigenvalue weighted by Gasteiger charge is 2.54. The van der Waals surface area contributed by atoms with Gasteiger partial charge in [-0.2, -0.15) is 31.4 Å². The van der Waals surface area contributed by atoms with Crippen molar-refractivity contribution in [3.8, 4) is 0 Å². The summed E-state index contributed by atoms with van der Waals surface area (Å²) in [5.74, 6) is -6.07. The summed E-state index contributed by atoms with van der Waals surface area (Å²) in [6.45, 7) is -1.88. The van der Waals surface area contributed by atoms with Crippen LogP contribution in [0.2, 0.25) is 0 Å². The second kappa shape index (κ2) is 6.68. The Bertz CT molecular complexity index is 686. The van der Waals surface area contributed by atoms with Gasteiger partial charge in [0, 0.05) is 31.9 Å². The van der Waals surface area contributed by atoms with Crippen molar-refractivity contribution >= 4 is 12.0 Å². The van der Waals surface area contributed by atoms with Crippen molar-refractivity contribution in [2.75, 3.05) is 13.1 Å². The highest BCUT2D eigenvalue weighted by molar-refractivity contribution is 5.78. The number of hydrogen-bond acceptors (Lipinski definition) is 3. The number of amides is 2. The standard InChI is InChI=1S/C13H14F6N4O3/c1-22-3-6(2-20-22)9(13(17,18)19)21-11(26)23-4-7(10(24)25)8(5-23)12(14,15)16/h2-3,7-9H,4-5H2,1H3,(H,21,26)(H,24,25)/t7-,8-,9?/m1/s1. The zero-order valence-corrected chi connectivity index (χ0v) is 13.2. The fourth-order valence-electron chi connectivity index (χ4n) is 2.71. The second-order valence-electron chi connectivity index (χ2n) is 5.87. The molecule has 7 nitrogen and oxygen atoms in total. The van der Waals surface area contributed by atoms with Crippen LogP contribution in [0.4, 0.5) is 31.1 Å². The summed E-state index contributed by atoms with van der Waals surface area (Å²) in [6.07, 6.45) is -7.96. The highest BCUT2D eigenvalue weighted by Crippen LogP contribution is 2.38. The van der Waals surface area contributed by atoms with Gasteiger partial charge in [0.15, 0.2) is 6.04 Å². The number of likely N-dealkylation sites (tertiary alicyclic amines) is 1. The lowest BCUT2D eigenvalue weighted by molar-refractivity contribution is -0.187. The van der Waals surface area contributed by atoms with E-state index in [-0.39, 0.29) is 0 Å². The number of carboxylic acid groups (broad SMARTS) is 1. The van der Waals surface area contributed by atoms with Gasteiger partial charge in [0.1, 0.15) is 0 Å². The number of alkyl halides is 6. The van der Waals surface area contributed by atoms with Crippen LogP contribution in [0.1, 0.15) is 11.6 Å². The Balaban J connectivity index is 2.18. The molecule has 1 aliphatic rings. The predicted molar refractivity (Wildman–Crippen MR) is 72.8 cm³/mol. The predicted octanol–water partition coefficient (Wildman–Crippen LogP) is 1.93. The van der Waals surface area contributed by atoms with Gasteiger partial charge in [-0.3, -0.25) is 9.48 Å². The van der Waals surface area contributed by atoms with E-state index in [1.165, 1.54) is 7.05 Å². The molecule has 2 N–H and O–H groups in total. The summed E-state index contributed by atoms with van der Waals surface area (Å²) in [5, 5.41) is 14.1. The monoisotopic (exact) mass is 388 g/mol. The lowest BCUT2D eigenvalue weighted by atomic mass is 9.96. The maximum absolute atomic E-state index is 13.2. The molecule has 0 saturated carbocycles. The second-order valence-corrected chi connectivity index (χ2v) is 5.87. The van der Waals surface area contributed by atoms with Crippen molar-refractivity contribution in [3.05, 3.63) is 18.0 Å². The fourth-order valence-corrected chi connectivity index (χ4v) is 2.71. The number of aryl methyl sites for hydroxylation is 1. The van der Waals surface area contributed by atoms with E-state index in [9.17, 15) is 35.9 Å². The molecular weight excluding hydrogens is 374 g/mol. The number of carbonyl (C=O) groups is 2. The molecule has 1 fully saturated rings. The third kappa shape index (κ3) is 4.19. The van der Waals surface area contributed by atoms with E-state index >= 15 is 0 Å². The molecule has 0 bridgehead atoms. The zero-order valence-electron chi connectivity index (χ0n) is 13.2. The number of carbonyl (C=O) groups excluding carboxylic acids is 1. The van der Waals surface area contributed by atoms with E-state index < -0.39 is 60.9 Å². The van der Waals surface area contributed by atoms with E-state index in [4.69, 9.17) is 5.11 Å². The lowest BCUT2D eigenvalue weighted by Gasteiger charge is -2.24. The first kappa shape index (κ1) is 19.8. The average Bonchev–Trinajstić information content (AvgIpc) is 3.09. The van der Waals surface area contributed by atoms with E-state index in [1.807, 2.05) is 0 Å². The quantitative estimate of drug-likeness (QED) is 0.775. The van der Waals surface area contributed by atoms with E-state index in [0.717, 1.165) is 17.1 Å². The minimum atomic E-state index is -4.92. The molecule has 13 heteroatoms. The summed E-state index contributed by atoms with van der Waals surface area (Å²) in [6, 6.07) is -3.92. The molecular formula is C13H14F6N4O3. The fraction of sp³-hybridized carbons (Fsp3) is 0.615. The molecule has 2 rings (SSSR count). The number of rotatable bonds is 3. The van der Waals surface area contributed by atoms with Crippen LogP contribution >= 0.6 is 0 Å². The Labute approximate surface area is 142 Å². The Morgan fingerprint density at radius 3 is 2.27 bits per heavy atom. The molecule has 146 valence electrons. The molecule has 1 aromatic rings.